The molecule has 1 saturated heterocycles. The molecule has 1 aliphatic heterocycles. The first-order valence-electron chi connectivity index (χ1n) is 9.17. The summed E-state index contributed by atoms with van der Waals surface area (Å²) >= 11 is 0. The smallest absolute Gasteiger partial charge is 0.0820 e. The van der Waals surface area contributed by atoms with Crippen LogP contribution in [0.15, 0.2) is 60.7 Å². The van der Waals surface area contributed by atoms with Gasteiger partial charge in [-0.05, 0) is 17.5 Å². The van der Waals surface area contributed by atoms with Crippen LogP contribution >= 0.6 is 12.4 Å². The normalized spacial score (nSPS) is 18.1. The number of halogens is 1. The summed E-state index contributed by atoms with van der Waals surface area (Å²) in [6.45, 7) is 5.72. The number of benzene rings is 2. The van der Waals surface area contributed by atoms with Gasteiger partial charge in [0.05, 0.1) is 6.10 Å². The van der Waals surface area contributed by atoms with Crippen LogP contribution in [0.3, 0.4) is 0 Å². The summed E-state index contributed by atoms with van der Waals surface area (Å²) in [6.07, 6.45) is 0.233. The lowest BCUT2D eigenvalue weighted by Crippen LogP contribution is -2.51. The number of nitrogens with zero attached hydrogens (tertiary/aromatic N) is 2. The summed E-state index contributed by atoms with van der Waals surface area (Å²) in [5.41, 5.74) is 8.75. The predicted molar refractivity (Wildman–Crippen MR) is 110 cm³/mol. The average Bonchev–Trinajstić information content (AvgIpc) is 2.65. The van der Waals surface area contributed by atoms with E-state index in [0.717, 1.165) is 39.1 Å². The highest BCUT2D eigenvalue weighted by Gasteiger charge is 2.22. The molecule has 0 amide bonds. The van der Waals surface area contributed by atoms with E-state index in [0.29, 0.717) is 6.54 Å². The first-order chi connectivity index (χ1) is 12.2. The molecule has 1 aliphatic rings. The molecule has 0 radical (unpaired) electrons. The van der Waals surface area contributed by atoms with Crippen LogP contribution in [0.2, 0.25) is 0 Å². The fraction of sp³-hybridized carbons (Fsp3) is 0.429. The van der Waals surface area contributed by atoms with Crippen LogP contribution in [0.1, 0.15) is 11.1 Å². The lowest BCUT2D eigenvalue weighted by Gasteiger charge is -2.36. The van der Waals surface area contributed by atoms with Crippen LogP contribution in [-0.2, 0) is 13.0 Å². The highest BCUT2D eigenvalue weighted by molar-refractivity contribution is 5.85. The van der Waals surface area contributed by atoms with Crippen LogP contribution < -0.4 is 5.73 Å². The molecular weight excluding hydrogens is 346 g/mol. The number of hydrogen-bond acceptors (Lipinski definition) is 4. The fourth-order valence-electron chi connectivity index (χ4n) is 3.39. The van der Waals surface area contributed by atoms with E-state index in [4.69, 9.17) is 5.73 Å². The third-order valence-corrected chi connectivity index (χ3v) is 4.97. The lowest BCUT2D eigenvalue weighted by atomic mass is 10.0. The molecule has 0 aliphatic carbocycles. The van der Waals surface area contributed by atoms with Gasteiger partial charge < -0.3 is 10.8 Å². The largest absolute Gasteiger partial charge is 0.390 e. The van der Waals surface area contributed by atoms with Gasteiger partial charge in [0.25, 0.3) is 0 Å². The van der Waals surface area contributed by atoms with Crippen LogP contribution in [0, 0.1) is 0 Å². The Morgan fingerprint density at radius 2 is 1.31 bits per heavy atom. The first-order valence-corrected chi connectivity index (χ1v) is 9.17. The van der Waals surface area contributed by atoms with Gasteiger partial charge in [-0.15, -0.1) is 12.4 Å². The Morgan fingerprint density at radius 3 is 1.88 bits per heavy atom. The maximum Gasteiger partial charge on any atom is 0.0820 e. The quantitative estimate of drug-likeness (QED) is 0.778. The van der Waals surface area contributed by atoms with Crippen molar-refractivity contribution in [2.45, 2.75) is 25.1 Å². The molecule has 0 spiro atoms. The SMILES string of the molecule is Cl.N[C@@H](Cc1ccccc1)[C@H](O)CN1CCN(Cc2ccccc2)CC1. The van der Waals surface area contributed by atoms with Gasteiger partial charge in [-0.1, -0.05) is 60.7 Å². The molecule has 0 bridgehead atoms. The summed E-state index contributed by atoms with van der Waals surface area (Å²) in [5.74, 6) is 0. The second kappa shape index (κ2) is 10.7. The van der Waals surface area contributed by atoms with Gasteiger partial charge in [0.1, 0.15) is 0 Å². The maximum atomic E-state index is 10.5. The average molecular weight is 376 g/mol. The minimum Gasteiger partial charge on any atom is -0.390 e. The number of piperazine rings is 1. The zero-order valence-corrected chi connectivity index (χ0v) is 16.0. The molecule has 4 nitrogen and oxygen atoms in total. The van der Waals surface area contributed by atoms with Gasteiger partial charge in [-0.3, -0.25) is 9.80 Å². The molecule has 2 aromatic rings. The Hall–Kier alpha value is -1.43. The third kappa shape index (κ3) is 6.38. The van der Waals surface area contributed by atoms with Gasteiger partial charge in [0.15, 0.2) is 0 Å². The Morgan fingerprint density at radius 1 is 0.808 bits per heavy atom. The predicted octanol–water partition coefficient (Wildman–Crippen LogP) is 2.16. The Labute approximate surface area is 163 Å². The third-order valence-electron chi connectivity index (χ3n) is 4.97. The molecule has 0 unspecified atom stereocenters. The minimum atomic E-state index is -0.485. The summed E-state index contributed by atoms with van der Waals surface area (Å²) in [5, 5.41) is 10.5. The van der Waals surface area contributed by atoms with E-state index in [1.165, 1.54) is 11.1 Å². The summed E-state index contributed by atoms with van der Waals surface area (Å²) in [6, 6.07) is 20.5. The number of rotatable bonds is 7. The van der Waals surface area contributed by atoms with Crippen molar-refractivity contribution >= 4 is 12.4 Å². The van der Waals surface area contributed by atoms with E-state index in [1.54, 1.807) is 0 Å². The Balaban J connectivity index is 0.00000243. The molecule has 0 saturated carbocycles. The lowest BCUT2D eigenvalue weighted by molar-refractivity contribution is 0.0579. The number of nitrogens with two attached hydrogens (primary N) is 1. The standard InChI is InChI=1S/C21H29N3O.ClH/c22-20(15-18-7-3-1-4-8-18)21(25)17-24-13-11-23(12-14-24)16-19-9-5-2-6-10-19;/h1-10,20-21,25H,11-17,22H2;1H/t20-,21+;/m0./s1. The first kappa shape index (κ1) is 20.9. The van der Waals surface area contributed by atoms with Gasteiger partial charge in [0.2, 0.25) is 0 Å². The molecule has 1 fully saturated rings. The Bertz CT molecular complexity index is 618. The van der Waals surface area contributed by atoms with E-state index >= 15 is 0 Å². The van der Waals surface area contributed by atoms with Gasteiger partial charge in [-0.2, -0.15) is 0 Å². The van der Waals surface area contributed by atoms with Crippen molar-refractivity contribution in [2.75, 3.05) is 32.7 Å². The zero-order chi connectivity index (χ0) is 17.5. The molecule has 142 valence electrons. The van der Waals surface area contributed by atoms with Crippen molar-refractivity contribution < 1.29 is 5.11 Å². The van der Waals surface area contributed by atoms with Crippen LogP contribution in [0.5, 0.6) is 0 Å². The van der Waals surface area contributed by atoms with E-state index < -0.39 is 6.10 Å². The topological polar surface area (TPSA) is 52.7 Å². The molecule has 1 heterocycles. The van der Waals surface area contributed by atoms with Crippen molar-refractivity contribution in [1.29, 1.82) is 0 Å². The highest BCUT2D eigenvalue weighted by atomic mass is 35.5. The number of aliphatic hydroxyl groups excluding tert-OH is 1. The summed E-state index contributed by atoms with van der Waals surface area (Å²) in [7, 11) is 0. The molecule has 2 atom stereocenters. The maximum absolute atomic E-state index is 10.5. The number of β-amino-alcohol motifs (C(OH)–C–C–N with tert-alkyl or cyclic N) is 1. The molecule has 26 heavy (non-hydrogen) atoms. The van der Waals surface area contributed by atoms with Gasteiger partial charge in [-0.25, -0.2) is 0 Å². The van der Waals surface area contributed by atoms with Crippen molar-refractivity contribution in [3.05, 3.63) is 71.8 Å². The fourth-order valence-corrected chi connectivity index (χ4v) is 3.39. The second-order valence-electron chi connectivity index (χ2n) is 6.98. The van der Waals surface area contributed by atoms with Gasteiger partial charge in [0, 0.05) is 45.3 Å². The number of aliphatic hydroxyl groups is 1. The monoisotopic (exact) mass is 375 g/mol. The van der Waals surface area contributed by atoms with Crippen LogP contribution in [-0.4, -0.2) is 59.8 Å². The molecule has 3 N–H and O–H groups in total. The van der Waals surface area contributed by atoms with Crippen LogP contribution in [0.25, 0.3) is 0 Å². The number of hydrogen-bond donors (Lipinski definition) is 2. The van der Waals surface area contributed by atoms with E-state index in [9.17, 15) is 5.11 Å². The molecular formula is C21H30ClN3O. The minimum absolute atomic E-state index is 0. The Kier molecular flexibility index (Phi) is 8.55. The van der Waals surface area contributed by atoms with Crippen LogP contribution in [0.4, 0.5) is 0 Å². The zero-order valence-electron chi connectivity index (χ0n) is 15.2. The summed E-state index contributed by atoms with van der Waals surface area (Å²) < 4.78 is 0. The van der Waals surface area contributed by atoms with Gasteiger partial charge >= 0.3 is 0 Å². The van der Waals surface area contributed by atoms with Crippen molar-refractivity contribution in [3.8, 4) is 0 Å². The van der Waals surface area contributed by atoms with Crippen molar-refractivity contribution in [3.63, 3.8) is 0 Å². The van der Waals surface area contributed by atoms with Crippen molar-refractivity contribution in [1.82, 2.24) is 9.80 Å². The van der Waals surface area contributed by atoms with Crippen molar-refractivity contribution in [2.24, 2.45) is 5.73 Å². The summed E-state index contributed by atoms with van der Waals surface area (Å²) in [4.78, 5) is 4.80. The second-order valence-corrected chi connectivity index (χ2v) is 6.98. The molecule has 2 aromatic carbocycles. The molecule has 5 heteroatoms. The molecule has 3 rings (SSSR count). The van der Waals surface area contributed by atoms with E-state index in [2.05, 4.69) is 52.3 Å². The highest BCUT2D eigenvalue weighted by Crippen LogP contribution is 2.10. The molecule has 0 aromatic heterocycles. The van der Waals surface area contributed by atoms with E-state index in [-0.39, 0.29) is 18.4 Å². The van der Waals surface area contributed by atoms with E-state index in [1.807, 2.05) is 18.2 Å².